The molecule has 2 fully saturated rings. The highest BCUT2D eigenvalue weighted by Crippen LogP contribution is 2.23. The predicted molar refractivity (Wildman–Crippen MR) is 79.3 cm³/mol. The van der Waals surface area contributed by atoms with Gasteiger partial charge in [-0.3, -0.25) is 4.98 Å². The summed E-state index contributed by atoms with van der Waals surface area (Å²) in [5.41, 5.74) is 2.54. The minimum atomic E-state index is 0.754. The second kappa shape index (κ2) is 5.91. The summed E-state index contributed by atoms with van der Waals surface area (Å²) in [6.07, 6.45) is 8.65. The van der Waals surface area contributed by atoms with Crippen LogP contribution in [0, 0.1) is 5.92 Å². The zero-order chi connectivity index (χ0) is 13.1. The number of aromatic nitrogens is 1. The first kappa shape index (κ1) is 12.9. The summed E-state index contributed by atoms with van der Waals surface area (Å²) < 4.78 is 0. The lowest BCUT2D eigenvalue weighted by atomic mass is 10.0. The van der Waals surface area contributed by atoms with E-state index in [0.29, 0.717) is 0 Å². The SMILES string of the molecule is CC1CCCN(c2ccnc(CNC3CC3)c2)CC1. The lowest BCUT2D eigenvalue weighted by molar-refractivity contribution is 0.521. The fraction of sp³-hybridized carbons (Fsp3) is 0.688. The third-order valence-corrected chi connectivity index (χ3v) is 4.33. The normalized spacial score (nSPS) is 24.3. The van der Waals surface area contributed by atoms with E-state index in [1.165, 1.54) is 56.6 Å². The summed E-state index contributed by atoms with van der Waals surface area (Å²) in [7, 11) is 0. The minimum Gasteiger partial charge on any atom is -0.371 e. The molecule has 0 spiro atoms. The first-order valence-electron chi connectivity index (χ1n) is 7.74. The highest BCUT2D eigenvalue weighted by Gasteiger charge is 2.20. The van der Waals surface area contributed by atoms with Gasteiger partial charge in [0.25, 0.3) is 0 Å². The summed E-state index contributed by atoms with van der Waals surface area (Å²) in [4.78, 5) is 7.02. The molecule has 1 aliphatic heterocycles. The van der Waals surface area contributed by atoms with Crippen molar-refractivity contribution >= 4 is 5.69 Å². The molecule has 1 N–H and O–H groups in total. The molecular weight excluding hydrogens is 234 g/mol. The molecule has 1 saturated carbocycles. The Hall–Kier alpha value is -1.09. The van der Waals surface area contributed by atoms with Crippen LogP contribution in [0.15, 0.2) is 18.3 Å². The van der Waals surface area contributed by atoms with Crippen LogP contribution in [0.5, 0.6) is 0 Å². The Morgan fingerprint density at radius 2 is 2.16 bits per heavy atom. The maximum atomic E-state index is 4.48. The number of nitrogens with one attached hydrogen (secondary N) is 1. The number of rotatable bonds is 4. The number of anilines is 1. The maximum Gasteiger partial charge on any atom is 0.0562 e. The van der Waals surface area contributed by atoms with Crippen LogP contribution in [0.2, 0.25) is 0 Å². The number of hydrogen-bond acceptors (Lipinski definition) is 3. The molecule has 19 heavy (non-hydrogen) atoms. The Balaban J connectivity index is 1.63. The van der Waals surface area contributed by atoms with E-state index in [2.05, 4.69) is 34.3 Å². The smallest absolute Gasteiger partial charge is 0.0562 e. The lowest BCUT2D eigenvalue weighted by Gasteiger charge is -2.23. The monoisotopic (exact) mass is 259 g/mol. The largest absolute Gasteiger partial charge is 0.371 e. The summed E-state index contributed by atoms with van der Waals surface area (Å²) in [5, 5.41) is 3.54. The average Bonchev–Trinajstić information content (AvgIpc) is 3.24. The molecule has 3 heteroatoms. The molecule has 0 amide bonds. The molecule has 0 aromatic carbocycles. The van der Waals surface area contributed by atoms with E-state index in [-0.39, 0.29) is 0 Å². The van der Waals surface area contributed by atoms with Crippen molar-refractivity contribution in [2.75, 3.05) is 18.0 Å². The second-order valence-electron chi connectivity index (χ2n) is 6.18. The van der Waals surface area contributed by atoms with Crippen molar-refractivity contribution in [1.82, 2.24) is 10.3 Å². The summed E-state index contributed by atoms with van der Waals surface area (Å²) in [5.74, 6) is 0.878. The van der Waals surface area contributed by atoms with Gasteiger partial charge in [-0.15, -0.1) is 0 Å². The van der Waals surface area contributed by atoms with Crippen LogP contribution in [0.1, 0.15) is 44.7 Å². The zero-order valence-electron chi connectivity index (χ0n) is 11.9. The first-order chi connectivity index (χ1) is 9.31. The van der Waals surface area contributed by atoms with Crippen molar-refractivity contribution in [3.63, 3.8) is 0 Å². The molecule has 1 aromatic heterocycles. The molecule has 2 heterocycles. The molecule has 1 aliphatic carbocycles. The van der Waals surface area contributed by atoms with Gasteiger partial charge in [-0.25, -0.2) is 0 Å². The van der Waals surface area contributed by atoms with Gasteiger partial charge in [0.2, 0.25) is 0 Å². The van der Waals surface area contributed by atoms with E-state index >= 15 is 0 Å². The van der Waals surface area contributed by atoms with Crippen LogP contribution in [-0.4, -0.2) is 24.1 Å². The highest BCUT2D eigenvalue weighted by molar-refractivity contribution is 5.46. The maximum absolute atomic E-state index is 4.48. The van der Waals surface area contributed by atoms with Crippen molar-refractivity contribution < 1.29 is 0 Å². The molecule has 3 rings (SSSR count). The van der Waals surface area contributed by atoms with Gasteiger partial charge in [0, 0.05) is 37.6 Å². The van der Waals surface area contributed by atoms with E-state index in [4.69, 9.17) is 0 Å². The van der Waals surface area contributed by atoms with Gasteiger partial charge in [-0.2, -0.15) is 0 Å². The molecule has 104 valence electrons. The quantitative estimate of drug-likeness (QED) is 0.901. The summed E-state index contributed by atoms with van der Waals surface area (Å²) in [6, 6.07) is 5.19. The molecule has 3 nitrogen and oxygen atoms in total. The average molecular weight is 259 g/mol. The second-order valence-corrected chi connectivity index (χ2v) is 6.18. The Bertz CT molecular complexity index is 414. The minimum absolute atomic E-state index is 0.754. The summed E-state index contributed by atoms with van der Waals surface area (Å²) in [6.45, 7) is 5.69. The van der Waals surface area contributed by atoms with Crippen molar-refractivity contribution in [2.24, 2.45) is 5.92 Å². The molecule has 1 unspecified atom stereocenters. The predicted octanol–water partition coefficient (Wildman–Crippen LogP) is 2.96. The number of hydrogen-bond donors (Lipinski definition) is 1. The van der Waals surface area contributed by atoms with Crippen LogP contribution in [0.25, 0.3) is 0 Å². The highest BCUT2D eigenvalue weighted by atomic mass is 15.1. The molecule has 1 saturated heterocycles. The van der Waals surface area contributed by atoms with Gasteiger partial charge in [0.05, 0.1) is 5.69 Å². The lowest BCUT2D eigenvalue weighted by Crippen LogP contribution is -2.24. The van der Waals surface area contributed by atoms with Crippen molar-refractivity contribution in [3.05, 3.63) is 24.0 Å². The molecule has 1 atom stereocenters. The summed E-state index contributed by atoms with van der Waals surface area (Å²) >= 11 is 0. The van der Waals surface area contributed by atoms with Gasteiger partial charge < -0.3 is 10.2 Å². The van der Waals surface area contributed by atoms with Crippen molar-refractivity contribution in [3.8, 4) is 0 Å². The Morgan fingerprint density at radius 1 is 1.26 bits per heavy atom. The van der Waals surface area contributed by atoms with Crippen LogP contribution in [0.3, 0.4) is 0 Å². The van der Waals surface area contributed by atoms with Crippen molar-refractivity contribution in [1.29, 1.82) is 0 Å². The third kappa shape index (κ3) is 3.69. The van der Waals surface area contributed by atoms with Crippen LogP contribution in [-0.2, 0) is 6.54 Å². The van der Waals surface area contributed by atoms with Gasteiger partial charge in [-0.05, 0) is 50.2 Å². The third-order valence-electron chi connectivity index (χ3n) is 4.33. The molecule has 2 aliphatic rings. The van der Waals surface area contributed by atoms with Crippen LogP contribution in [0.4, 0.5) is 5.69 Å². The van der Waals surface area contributed by atoms with Crippen LogP contribution < -0.4 is 10.2 Å². The number of pyridine rings is 1. The molecular formula is C16H25N3. The van der Waals surface area contributed by atoms with E-state index < -0.39 is 0 Å². The zero-order valence-corrected chi connectivity index (χ0v) is 11.9. The van der Waals surface area contributed by atoms with E-state index in [1.807, 2.05) is 6.20 Å². The Morgan fingerprint density at radius 3 is 3.00 bits per heavy atom. The molecule has 1 aromatic rings. The van der Waals surface area contributed by atoms with Crippen molar-refractivity contribution in [2.45, 2.75) is 51.6 Å². The van der Waals surface area contributed by atoms with E-state index in [1.54, 1.807) is 0 Å². The first-order valence-corrected chi connectivity index (χ1v) is 7.74. The van der Waals surface area contributed by atoms with E-state index in [9.17, 15) is 0 Å². The van der Waals surface area contributed by atoms with Gasteiger partial charge in [-0.1, -0.05) is 6.92 Å². The Labute approximate surface area is 116 Å². The topological polar surface area (TPSA) is 28.2 Å². The van der Waals surface area contributed by atoms with Gasteiger partial charge >= 0.3 is 0 Å². The molecule has 0 radical (unpaired) electrons. The fourth-order valence-corrected chi connectivity index (χ4v) is 2.82. The standard InChI is InChI=1S/C16H25N3/c1-13-3-2-9-19(10-7-13)16-6-8-17-15(11-16)12-18-14-4-5-14/h6,8,11,13-14,18H,2-5,7,9-10,12H2,1H3. The van der Waals surface area contributed by atoms with Gasteiger partial charge in [0.1, 0.15) is 0 Å². The van der Waals surface area contributed by atoms with E-state index in [0.717, 1.165) is 18.5 Å². The van der Waals surface area contributed by atoms with Crippen LogP contribution >= 0.6 is 0 Å². The molecule has 0 bridgehead atoms. The fourth-order valence-electron chi connectivity index (χ4n) is 2.82. The Kier molecular flexibility index (Phi) is 4.02. The number of nitrogens with zero attached hydrogens (tertiary/aromatic N) is 2. The van der Waals surface area contributed by atoms with Gasteiger partial charge in [0.15, 0.2) is 0 Å².